The van der Waals surface area contributed by atoms with Crippen molar-refractivity contribution in [1.29, 1.82) is 0 Å². The zero-order valence-electron chi connectivity index (χ0n) is 11.6. The number of anilines is 1. The number of nitrogens with zero attached hydrogens (tertiary/aromatic N) is 4. The third kappa shape index (κ3) is 2.11. The predicted octanol–water partition coefficient (Wildman–Crippen LogP) is 2.35. The van der Waals surface area contributed by atoms with E-state index in [0.717, 1.165) is 22.8 Å². The minimum absolute atomic E-state index is 0.103. The number of hydrogen-bond donors (Lipinski definition) is 1. The summed E-state index contributed by atoms with van der Waals surface area (Å²) in [5, 5.41) is 4.66. The third-order valence-electron chi connectivity index (χ3n) is 3.51. The highest BCUT2D eigenvalue weighted by Crippen LogP contribution is 2.26. The molecule has 0 fully saturated rings. The summed E-state index contributed by atoms with van der Waals surface area (Å²) < 4.78 is 1.78. The van der Waals surface area contributed by atoms with Gasteiger partial charge in [0.05, 0.1) is 23.8 Å². The zero-order valence-corrected chi connectivity index (χ0v) is 11.6. The molecule has 1 aromatic carbocycles. The minimum atomic E-state index is 0.103. The zero-order chi connectivity index (χ0) is 14.1. The molecule has 2 heterocycles. The molecule has 2 N–H and O–H groups in total. The van der Waals surface area contributed by atoms with Crippen molar-refractivity contribution in [2.24, 2.45) is 9.98 Å². The second-order valence-corrected chi connectivity index (χ2v) is 4.92. The molecule has 0 spiro atoms. The first-order valence-electron chi connectivity index (χ1n) is 6.62. The van der Waals surface area contributed by atoms with Crippen molar-refractivity contribution in [3.8, 4) is 5.69 Å². The molecular formula is C15H17N5. The summed E-state index contributed by atoms with van der Waals surface area (Å²) in [6.45, 7) is 4.58. The van der Waals surface area contributed by atoms with E-state index in [1.807, 2.05) is 50.4 Å². The van der Waals surface area contributed by atoms with Gasteiger partial charge in [-0.05, 0) is 26.0 Å². The Morgan fingerprint density at radius 3 is 2.60 bits per heavy atom. The maximum absolute atomic E-state index is 6.19. The number of amidine groups is 1. The van der Waals surface area contributed by atoms with Crippen molar-refractivity contribution in [3.05, 3.63) is 41.6 Å². The molecule has 1 aromatic heterocycles. The molecule has 1 aliphatic rings. The molecule has 1 unspecified atom stereocenters. The summed E-state index contributed by atoms with van der Waals surface area (Å²) in [5.41, 5.74) is 9.10. The number of nitrogen functional groups attached to an aromatic ring is 1. The molecule has 0 radical (unpaired) electrons. The molecular weight excluding hydrogens is 250 g/mol. The Bertz CT molecular complexity index is 682. The molecule has 2 aromatic rings. The van der Waals surface area contributed by atoms with E-state index in [0.29, 0.717) is 12.4 Å². The van der Waals surface area contributed by atoms with Gasteiger partial charge in [-0.2, -0.15) is 5.10 Å². The van der Waals surface area contributed by atoms with Crippen LogP contribution in [0.25, 0.3) is 5.69 Å². The van der Waals surface area contributed by atoms with E-state index in [1.54, 1.807) is 4.68 Å². The third-order valence-corrected chi connectivity index (χ3v) is 3.51. The molecule has 5 nitrogen and oxygen atoms in total. The lowest BCUT2D eigenvalue weighted by Crippen LogP contribution is -2.13. The SMILES string of the molecule is CC1=NCC(c2nn(-c3ccccc3)c(N)c2C)C=N1. The highest BCUT2D eigenvalue weighted by atomic mass is 15.3. The summed E-state index contributed by atoms with van der Waals surface area (Å²) in [5.74, 6) is 1.59. The Labute approximate surface area is 117 Å². The van der Waals surface area contributed by atoms with Crippen LogP contribution in [0.5, 0.6) is 0 Å². The Kier molecular flexibility index (Phi) is 3.10. The van der Waals surface area contributed by atoms with Gasteiger partial charge < -0.3 is 5.73 Å². The van der Waals surface area contributed by atoms with Crippen LogP contribution >= 0.6 is 0 Å². The van der Waals surface area contributed by atoms with Crippen LogP contribution in [0.15, 0.2) is 40.3 Å². The number of aliphatic imine (C=N–C) groups is 2. The Morgan fingerprint density at radius 2 is 1.95 bits per heavy atom. The number of aromatic nitrogens is 2. The molecule has 0 saturated carbocycles. The fourth-order valence-electron chi connectivity index (χ4n) is 2.32. The maximum atomic E-state index is 6.19. The average Bonchev–Trinajstić information content (AvgIpc) is 2.77. The molecule has 1 aliphatic heterocycles. The molecule has 0 amide bonds. The number of nitrogens with two attached hydrogens (primary N) is 1. The van der Waals surface area contributed by atoms with Crippen LogP contribution in [0.2, 0.25) is 0 Å². The van der Waals surface area contributed by atoms with E-state index in [-0.39, 0.29) is 5.92 Å². The first-order valence-corrected chi connectivity index (χ1v) is 6.62. The number of hydrogen-bond acceptors (Lipinski definition) is 4. The highest BCUT2D eigenvalue weighted by Gasteiger charge is 2.21. The summed E-state index contributed by atoms with van der Waals surface area (Å²) in [6.07, 6.45) is 1.91. The second-order valence-electron chi connectivity index (χ2n) is 4.92. The first-order chi connectivity index (χ1) is 9.66. The summed E-state index contributed by atoms with van der Waals surface area (Å²) >= 11 is 0. The lowest BCUT2D eigenvalue weighted by atomic mass is 10.0. The largest absolute Gasteiger partial charge is 0.383 e. The summed E-state index contributed by atoms with van der Waals surface area (Å²) in [4.78, 5) is 8.64. The van der Waals surface area contributed by atoms with E-state index in [1.165, 1.54) is 0 Å². The van der Waals surface area contributed by atoms with Crippen molar-refractivity contribution in [2.45, 2.75) is 19.8 Å². The van der Waals surface area contributed by atoms with Crippen molar-refractivity contribution in [3.63, 3.8) is 0 Å². The van der Waals surface area contributed by atoms with Crippen LogP contribution in [0.1, 0.15) is 24.1 Å². The molecule has 0 bridgehead atoms. The molecule has 102 valence electrons. The van der Waals surface area contributed by atoms with E-state index in [2.05, 4.69) is 15.1 Å². The predicted molar refractivity (Wildman–Crippen MR) is 81.9 cm³/mol. The Morgan fingerprint density at radius 1 is 1.20 bits per heavy atom. The quantitative estimate of drug-likeness (QED) is 0.907. The van der Waals surface area contributed by atoms with Crippen LogP contribution in [0.4, 0.5) is 5.82 Å². The van der Waals surface area contributed by atoms with Crippen LogP contribution < -0.4 is 5.73 Å². The first kappa shape index (κ1) is 12.6. The fourth-order valence-corrected chi connectivity index (χ4v) is 2.32. The average molecular weight is 267 g/mol. The topological polar surface area (TPSA) is 68.6 Å². The number of rotatable bonds is 2. The van der Waals surface area contributed by atoms with Crippen molar-refractivity contribution < 1.29 is 0 Å². The van der Waals surface area contributed by atoms with Gasteiger partial charge in [-0.15, -0.1) is 0 Å². The standard InChI is InChI=1S/C15H17N5/c1-10-14(12-8-17-11(2)18-9-12)19-20(15(10)16)13-6-4-3-5-7-13/h3-8,12H,9,16H2,1-2H3. The van der Waals surface area contributed by atoms with E-state index in [9.17, 15) is 0 Å². The van der Waals surface area contributed by atoms with E-state index >= 15 is 0 Å². The molecule has 0 saturated heterocycles. The van der Waals surface area contributed by atoms with Gasteiger partial charge in [0.1, 0.15) is 11.7 Å². The van der Waals surface area contributed by atoms with Crippen molar-refractivity contribution in [1.82, 2.24) is 9.78 Å². The monoisotopic (exact) mass is 267 g/mol. The van der Waals surface area contributed by atoms with E-state index in [4.69, 9.17) is 5.73 Å². The number of para-hydroxylation sites is 1. The second kappa shape index (κ2) is 4.92. The van der Waals surface area contributed by atoms with Crippen molar-refractivity contribution >= 4 is 17.9 Å². The lowest BCUT2D eigenvalue weighted by Gasteiger charge is -2.11. The molecule has 20 heavy (non-hydrogen) atoms. The fraction of sp³-hybridized carbons (Fsp3) is 0.267. The smallest absolute Gasteiger partial charge is 0.130 e. The van der Waals surface area contributed by atoms with Gasteiger partial charge in [-0.1, -0.05) is 18.2 Å². The lowest BCUT2D eigenvalue weighted by molar-refractivity contribution is 0.793. The molecule has 3 rings (SSSR count). The number of benzene rings is 1. The normalized spacial score (nSPS) is 18.1. The van der Waals surface area contributed by atoms with Gasteiger partial charge in [-0.3, -0.25) is 4.99 Å². The molecule has 1 atom stereocenters. The Balaban J connectivity index is 2.01. The van der Waals surface area contributed by atoms with Crippen LogP contribution in [-0.4, -0.2) is 28.4 Å². The summed E-state index contributed by atoms with van der Waals surface area (Å²) in [6, 6.07) is 9.90. The van der Waals surface area contributed by atoms with Gasteiger partial charge in [0.25, 0.3) is 0 Å². The van der Waals surface area contributed by atoms with Crippen LogP contribution in [0.3, 0.4) is 0 Å². The van der Waals surface area contributed by atoms with Gasteiger partial charge >= 0.3 is 0 Å². The minimum Gasteiger partial charge on any atom is -0.383 e. The van der Waals surface area contributed by atoms with Gasteiger partial charge in [0, 0.05) is 11.8 Å². The van der Waals surface area contributed by atoms with Crippen LogP contribution in [0, 0.1) is 6.92 Å². The molecule has 5 heteroatoms. The van der Waals surface area contributed by atoms with Gasteiger partial charge in [-0.25, -0.2) is 9.67 Å². The van der Waals surface area contributed by atoms with Gasteiger partial charge in [0.15, 0.2) is 0 Å². The van der Waals surface area contributed by atoms with Crippen molar-refractivity contribution in [2.75, 3.05) is 12.3 Å². The van der Waals surface area contributed by atoms with E-state index < -0.39 is 0 Å². The van der Waals surface area contributed by atoms with Gasteiger partial charge in [0.2, 0.25) is 0 Å². The Hall–Kier alpha value is -2.43. The highest BCUT2D eigenvalue weighted by molar-refractivity contribution is 5.91. The van der Waals surface area contributed by atoms with Crippen LogP contribution in [-0.2, 0) is 0 Å². The maximum Gasteiger partial charge on any atom is 0.130 e. The summed E-state index contributed by atoms with van der Waals surface area (Å²) in [7, 11) is 0. The molecule has 0 aliphatic carbocycles.